The van der Waals surface area contributed by atoms with Gasteiger partial charge >= 0.3 is 5.97 Å². The van der Waals surface area contributed by atoms with Gasteiger partial charge in [0.2, 0.25) is 0 Å². The Morgan fingerprint density at radius 1 is 1.06 bits per heavy atom. The van der Waals surface area contributed by atoms with Crippen molar-refractivity contribution in [3.63, 3.8) is 0 Å². The summed E-state index contributed by atoms with van der Waals surface area (Å²) in [4.78, 5) is 18.1. The molecular weight excluding hydrogens is 486 g/mol. The van der Waals surface area contributed by atoms with Gasteiger partial charge in [0, 0.05) is 9.17 Å². The molecule has 0 spiro atoms. The molecule has 0 unspecified atom stereocenters. The van der Waals surface area contributed by atoms with Gasteiger partial charge in [-0.05, 0) is 63.6 Å². The number of aryl methyl sites for hydroxylation is 1. The zero-order valence-corrected chi connectivity index (χ0v) is 19.5. The highest BCUT2D eigenvalue weighted by Crippen LogP contribution is 2.41. The standard InChI is InChI=1S/C26H18BrNO3S/c1-15-17-9-5-6-10-22(17)32-25(15)20-13-18(26(29)30)23-21(12-11-19(27)24(23)28-20)31-14-16-7-3-2-4-8-16/h2-13H,14H2,1H3,(H,29,30). The van der Waals surface area contributed by atoms with Gasteiger partial charge in [-0.1, -0.05) is 48.5 Å². The predicted molar refractivity (Wildman–Crippen MR) is 133 cm³/mol. The number of ether oxygens (including phenoxy) is 1. The van der Waals surface area contributed by atoms with E-state index in [0.29, 0.717) is 29.0 Å². The van der Waals surface area contributed by atoms with Crippen molar-refractivity contribution >= 4 is 54.2 Å². The van der Waals surface area contributed by atoms with Crippen LogP contribution in [-0.2, 0) is 6.61 Å². The molecule has 0 aliphatic rings. The summed E-state index contributed by atoms with van der Waals surface area (Å²) >= 11 is 5.18. The fourth-order valence-corrected chi connectivity index (χ4v) is 5.43. The number of carbonyl (C=O) groups is 1. The SMILES string of the molecule is Cc1c(-c2cc(C(=O)O)c3c(OCc4ccccc4)ccc(Br)c3n2)sc2ccccc12. The Labute approximate surface area is 197 Å². The zero-order valence-electron chi connectivity index (χ0n) is 17.1. The molecule has 4 nitrogen and oxygen atoms in total. The minimum atomic E-state index is -1.01. The number of pyridine rings is 1. The molecule has 0 saturated heterocycles. The molecule has 3 aromatic carbocycles. The second-order valence-electron chi connectivity index (χ2n) is 7.46. The lowest BCUT2D eigenvalue weighted by atomic mass is 10.0. The smallest absolute Gasteiger partial charge is 0.336 e. The van der Waals surface area contributed by atoms with E-state index in [4.69, 9.17) is 9.72 Å². The van der Waals surface area contributed by atoms with E-state index in [0.717, 1.165) is 30.6 Å². The van der Waals surface area contributed by atoms with Crippen LogP contribution in [0.1, 0.15) is 21.5 Å². The lowest BCUT2D eigenvalue weighted by molar-refractivity contribution is 0.0698. The molecule has 0 aliphatic heterocycles. The second-order valence-corrected chi connectivity index (χ2v) is 9.36. The third kappa shape index (κ3) is 3.66. The molecule has 0 radical (unpaired) electrons. The number of benzene rings is 3. The summed E-state index contributed by atoms with van der Waals surface area (Å²) in [6.45, 7) is 2.39. The maximum atomic E-state index is 12.3. The summed E-state index contributed by atoms with van der Waals surface area (Å²) < 4.78 is 7.92. The maximum absolute atomic E-state index is 12.3. The Hall–Kier alpha value is -3.22. The van der Waals surface area contributed by atoms with Crippen LogP contribution < -0.4 is 4.74 Å². The quantitative estimate of drug-likeness (QED) is 0.270. The van der Waals surface area contributed by atoms with E-state index >= 15 is 0 Å². The zero-order chi connectivity index (χ0) is 22.2. The number of carboxylic acid groups (broad SMARTS) is 1. The van der Waals surface area contributed by atoms with E-state index in [1.54, 1.807) is 23.5 Å². The summed E-state index contributed by atoms with van der Waals surface area (Å²) in [5.41, 5.74) is 3.50. The predicted octanol–water partition coefficient (Wildman–Crippen LogP) is 7.46. The van der Waals surface area contributed by atoms with Gasteiger partial charge in [-0.2, -0.15) is 0 Å². The molecule has 0 bridgehead atoms. The fraction of sp³-hybridized carbons (Fsp3) is 0.0769. The molecule has 0 amide bonds. The van der Waals surface area contributed by atoms with Crippen LogP contribution in [0, 0.1) is 6.92 Å². The third-order valence-corrected chi connectivity index (χ3v) is 7.35. The first kappa shape index (κ1) is 20.7. The van der Waals surface area contributed by atoms with E-state index in [-0.39, 0.29) is 5.56 Å². The minimum absolute atomic E-state index is 0.172. The number of hydrogen-bond acceptors (Lipinski definition) is 4. The molecule has 158 valence electrons. The molecular formula is C26H18BrNO3S. The van der Waals surface area contributed by atoms with Crippen LogP contribution in [0.4, 0.5) is 0 Å². The van der Waals surface area contributed by atoms with Gasteiger partial charge in [-0.25, -0.2) is 9.78 Å². The van der Waals surface area contributed by atoms with Crippen molar-refractivity contribution in [2.24, 2.45) is 0 Å². The number of aromatic nitrogens is 1. The number of thiophene rings is 1. The van der Waals surface area contributed by atoms with E-state index in [2.05, 4.69) is 35.0 Å². The maximum Gasteiger partial charge on any atom is 0.336 e. The average molecular weight is 504 g/mol. The summed E-state index contributed by atoms with van der Waals surface area (Å²) in [6.07, 6.45) is 0. The summed E-state index contributed by atoms with van der Waals surface area (Å²) in [5.74, 6) is -0.517. The van der Waals surface area contributed by atoms with Crippen LogP contribution in [0.5, 0.6) is 5.75 Å². The molecule has 0 fully saturated rings. The van der Waals surface area contributed by atoms with Crippen molar-refractivity contribution in [3.8, 4) is 16.3 Å². The monoisotopic (exact) mass is 503 g/mol. The normalized spacial score (nSPS) is 11.2. The average Bonchev–Trinajstić information content (AvgIpc) is 3.15. The molecule has 5 rings (SSSR count). The fourth-order valence-electron chi connectivity index (χ4n) is 3.84. The highest BCUT2D eigenvalue weighted by Gasteiger charge is 2.21. The molecule has 0 atom stereocenters. The molecule has 32 heavy (non-hydrogen) atoms. The second kappa shape index (κ2) is 8.37. The Morgan fingerprint density at radius 2 is 1.81 bits per heavy atom. The van der Waals surface area contributed by atoms with Crippen molar-refractivity contribution in [2.45, 2.75) is 13.5 Å². The number of aromatic carboxylic acids is 1. The highest BCUT2D eigenvalue weighted by molar-refractivity contribution is 9.10. The van der Waals surface area contributed by atoms with Gasteiger partial charge in [-0.15, -0.1) is 11.3 Å². The molecule has 0 saturated carbocycles. The van der Waals surface area contributed by atoms with Crippen LogP contribution >= 0.6 is 27.3 Å². The summed E-state index contributed by atoms with van der Waals surface area (Å²) in [5, 5.41) is 11.7. The van der Waals surface area contributed by atoms with Crippen molar-refractivity contribution in [2.75, 3.05) is 0 Å². The minimum Gasteiger partial charge on any atom is -0.488 e. The number of halogens is 1. The lowest BCUT2D eigenvalue weighted by Crippen LogP contribution is -2.04. The largest absolute Gasteiger partial charge is 0.488 e. The van der Waals surface area contributed by atoms with Crippen LogP contribution in [0.2, 0.25) is 0 Å². The number of nitrogens with zero attached hydrogens (tertiary/aromatic N) is 1. The Morgan fingerprint density at radius 3 is 2.56 bits per heavy atom. The van der Waals surface area contributed by atoms with Crippen LogP contribution in [0.15, 0.2) is 77.3 Å². The molecule has 2 heterocycles. The van der Waals surface area contributed by atoms with Crippen LogP contribution in [0.3, 0.4) is 0 Å². The van der Waals surface area contributed by atoms with E-state index < -0.39 is 5.97 Å². The molecule has 6 heteroatoms. The van der Waals surface area contributed by atoms with Crippen LogP contribution in [-0.4, -0.2) is 16.1 Å². The number of carboxylic acids is 1. The van der Waals surface area contributed by atoms with Gasteiger partial charge in [-0.3, -0.25) is 0 Å². The van der Waals surface area contributed by atoms with Gasteiger partial charge in [0.1, 0.15) is 12.4 Å². The Balaban J connectivity index is 1.68. The van der Waals surface area contributed by atoms with Gasteiger partial charge < -0.3 is 9.84 Å². The first-order valence-electron chi connectivity index (χ1n) is 10.0. The van der Waals surface area contributed by atoms with E-state index in [1.807, 2.05) is 48.5 Å². The van der Waals surface area contributed by atoms with Gasteiger partial charge in [0.25, 0.3) is 0 Å². The number of rotatable bonds is 5. The summed E-state index contributed by atoms with van der Waals surface area (Å²) in [7, 11) is 0. The summed E-state index contributed by atoms with van der Waals surface area (Å²) in [6, 6.07) is 23.2. The van der Waals surface area contributed by atoms with Crippen molar-refractivity contribution in [3.05, 3.63) is 94.0 Å². The first-order chi connectivity index (χ1) is 15.5. The van der Waals surface area contributed by atoms with Crippen molar-refractivity contribution in [1.29, 1.82) is 0 Å². The highest BCUT2D eigenvalue weighted by atomic mass is 79.9. The van der Waals surface area contributed by atoms with Crippen molar-refractivity contribution in [1.82, 2.24) is 4.98 Å². The number of fused-ring (bicyclic) bond motifs is 2. The molecule has 5 aromatic rings. The first-order valence-corrected chi connectivity index (χ1v) is 11.7. The van der Waals surface area contributed by atoms with Crippen LogP contribution in [0.25, 0.3) is 31.6 Å². The third-order valence-electron chi connectivity index (χ3n) is 5.42. The molecule has 2 aromatic heterocycles. The van der Waals surface area contributed by atoms with Crippen molar-refractivity contribution < 1.29 is 14.6 Å². The Kier molecular flexibility index (Phi) is 5.41. The molecule has 1 N–H and O–H groups in total. The van der Waals surface area contributed by atoms with Gasteiger partial charge in [0.15, 0.2) is 0 Å². The van der Waals surface area contributed by atoms with Gasteiger partial charge in [0.05, 0.1) is 27.0 Å². The van der Waals surface area contributed by atoms with E-state index in [1.165, 1.54) is 0 Å². The number of hydrogen-bond donors (Lipinski definition) is 1. The van der Waals surface area contributed by atoms with E-state index in [9.17, 15) is 9.90 Å². The topological polar surface area (TPSA) is 59.4 Å². The molecule has 0 aliphatic carbocycles. The lowest BCUT2D eigenvalue weighted by Gasteiger charge is -2.14. The Bertz CT molecular complexity index is 1480.